The molecule has 1 aromatic rings. The Kier molecular flexibility index (Phi) is 3.20. The third-order valence-corrected chi connectivity index (χ3v) is 1.64. The van der Waals surface area contributed by atoms with E-state index in [-0.39, 0.29) is 5.54 Å². The smallest absolute Gasteiger partial charge is 0.0340 e. The fourth-order valence-corrected chi connectivity index (χ4v) is 0.973. The minimum atomic E-state index is -0.126. The predicted molar refractivity (Wildman–Crippen MR) is 56.2 cm³/mol. The Bertz CT molecular complexity index is 270. The predicted octanol–water partition coefficient (Wildman–Crippen LogP) is 2.22. The maximum atomic E-state index is 5.83. The van der Waals surface area contributed by atoms with Crippen molar-refractivity contribution < 1.29 is 0 Å². The Morgan fingerprint density at radius 2 is 2.31 bits per heavy atom. The van der Waals surface area contributed by atoms with Crippen molar-refractivity contribution in [2.75, 3.05) is 0 Å². The SMILES string of the molecule is CC(C)(N)C/C=C\c1cccnc1. The molecule has 2 heteroatoms. The molecule has 0 bridgehead atoms. The molecule has 0 aliphatic carbocycles. The molecular weight excluding hydrogens is 160 g/mol. The molecule has 2 N–H and O–H groups in total. The summed E-state index contributed by atoms with van der Waals surface area (Å²) in [6.45, 7) is 4.03. The zero-order valence-corrected chi connectivity index (χ0v) is 8.20. The van der Waals surface area contributed by atoms with E-state index >= 15 is 0 Å². The molecule has 1 rings (SSSR count). The average molecular weight is 176 g/mol. The van der Waals surface area contributed by atoms with Crippen LogP contribution in [0.1, 0.15) is 25.8 Å². The Balaban J connectivity index is 2.51. The van der Waals surface area contributed by atoms with E-state index in [0.29, 0.717) is 0 Å². The standard InChI is InChI=1S/C11H16N2/c1-11(2,12)7-3-5-10-6-4-8-13-9-10/h3-6,8-9H,7,12H2,1-2H3/b5-3-. The molecule has 0 amide bonds. The third kappa shape index (κ3) is 4.43. The van der Waals surface area contributed by atoms with Gasteiger partial charge in [0.05, 0.1) is 0 Å². The molecule has 1 aromatic heterocycles. The van der Waals surface area contributed by atoms with E-state index in [1.54, 1.807) is 6.20 Å². The number of nitrogens with two attached hydrogens (primary N) is 1. The number of hydrogen-bond acceptors (Lipinski definition) is 2. The molecule has 1 heterocycles. The van der Waals surface area contributed by atoms with Crippen LogP contribution in [0, 0.1) is 0 Å². The van der Waals surface area contributed by atoms with E-state index in [1.807, 2.05) is 38.3 Å². The van der Waals surface area contributed by atoms with Crippen molar-refractivity contribution in [3.8, 4) is 0 Å². The molecule has 0 radical (unpaired) electrons. The van der Waals surface area contributed by atoms with Crippen molar-refractivity contribution in [2.45, 2.75) is 25.8 Å². The van der Waals surface area contributed by atoms with Crippen LogP contribution in [0.25, 0.3) is 6.08 Å². The first kappa shape index (κ1) is 9.93. The number of nitrogens with zero attached hydrogens (tertiary/aromatic N) is 1. The second kappa shape index (κ2) is 4.19. The van der Waals surface area contributed by atoms with Crippen LogP contribution < -0.4 is 5.73 Å². The van der Waals surface area contributed by atoms with Crippen LogP contribution in [0.5, 0.6) is 0 Å². The summed E-state index contributed by atoms with van der Waals surface area (Å²) in [5.41, 5.74) is 6.82. The van der Waals surface area contributed by atoms with Crippen molar-refractivity contribution >= 4 is 6.08 Å². The van der Waals surface area contributed by atoms with Gasteiger partial charge in [0.25, 0.3) is 0 Å². The molecule has 0 atom stereocenters. The van der Waals surface area contributed by atoms with Crippen LogP contribution in [0.3, 0.4) is 0 Å². The van der Waals surface area contributed by atoms with Gasteiger partial charge in [0.2, 0.25) is 0 Å². The molecule has 0 aliphatic rings. The van der Waals surface area contributed by atoms with Gasteiger partial charge < -0.3 is 5.73 Å². The van der Waals surface area contributed by atoms with E-state index in [2.05, 4.69) is 11.1 Å². The van der Waals surface area contributed by atoms with E-state index in [4.69, 9.17) is 5.73 Å². The van der Waals surface area contributed by atoms with Crippen molar-refractivity contribution in [1.82, 2.24) is 4.98 Å². The van der Waals surface area contributed by atoms with E-state index in [0.717, 1.165) is 12.0 Å². The van der Waals surface area contributed by atoms with Crippen molar-refractivity contribution in [3.05, 3.63) is 36.2 Å². The molecule has 70 valence electrons. The van der Waals surface area contributed by atoms with Gasteiger partial charge in [0, 0.05) is 17.9 Å². The highest BCUT2D eigenvalue weighted by molar-refractivity contribution is 5.47. The third-order valence-electron chi connectivity index (χ3n) is 1.64. The number of pyridine rings is 1. The zero-order chi connectivity index (χ0) is 9.73. The maximum absolute atomic E-state index is 5.83. The highest BCUT2D eigenvalue weighted by Gasteiger charge is 2.06. The first-order valence-electron chi connectivity index (χ1n) is 4.43. The van der Waals surface area contributed by atoms with Gasteiger partial charge in [-0.15, -0.1) is 0 Å². The summed E-state index contributed by atoms with van der Waals surface area (Å²) >= 11 is 0. The van der Waals surface area contributed by atoms with Crippen molar-refractivity contribution in [3.63, 3.8) is 0 Å². The Hall–Kier alpha value is -1.15. The molecule has 13 heavy (non-hydrogen) atoms. The summed E-state index contributed by atoms with van der Waals surface area (Å²) in [7, 11) is 0. The van der Waals surface area contributed by atoms with E-state index in [1.165, 1.54) is 0 Å². The summed E-state index contributed by atoms with van der Waals surface area (Å²) in [6, 6.07) is 3.94. The van der Waals surface area contributed by atoms with E-state index < -0.39 is 0 Å². The molecular formula is C11H16N2. The lowest BCUT2D eigenvalue weighted by atomic mass is 10.0. The van der Waals surface area contributed by atoms with E-state index in [9.17, 15) is 0 Å². The highest BCUT2D eigenvalue weighted by atomic mass is 14.7. The zero-order valence-electron chi connectivity index (χ0n) is 8.20. The monoisotopic (exact) mass is 176 g/mol. The van der Waals surface area contributed by atoms with Crippen molar-refractivity contribution in [1.29, 1.82) is 0 Å². The number of aromatic nitrogens is 1. The van der Waals surface area contributed by atoms with Gasteiger partial charge in [-0.3, -0.25) is 4.98 Å². The second-order valence-electron chi connectivity index (χ2n) is 3.88. The highest BCUT2D eigenvalue weighted by Crippen LogP contribution is 2.06. The fraction of sp³-hybridized carbons (Fsp3) is 0.364. The Morgan fingerprint density at radius 1 is 1.54 bits per heavy atom. The summed E-state index contributed by atoms with van der Waals surface area (Å²) in [6.07, 6.45) is 8.60. The molecule has 0 saturated carbocycles. The largest absolute Gasteiger partial charge is 0.325 e. The van der Waals surface area contributed by atoms with Gasteiger partial charge in [-0.2, -0.15) is 0 Å². The molecule has 0 saturated heterocycles. The number of hydrogen-bond donors (Lipinski definition) is 1. The minimum absolute atomic E-state index is 0.126. The summed E-state index contributed by atoms with van der Waals surface area (Å²) in [5.74, 6) is 0. The van der Waals surface area contributed by atoms with Crippen LogP contribution in [0.4, 0.5) is 0 Å². The lowest BCUT2D eigenvalue weighted by molar-refractivity contribution is 0.528. The molecule has 0 aromatic carbocycles. The van der Waals surface area contributed by atoms with Gasteiger partial charge in [0.1, 0.15) is 0 Å². The van der Waals surface area contributed by atoms with Gasteiger partial charge >= 0.3 is 0 Å². The summed E-state index contributed by atoms with van der Waals surface area (Å²) in [4.78, 5) is 4.02. The van der Waals surface area contributed by atoms with Gasteiger partial charge in [-0.05, 0) is 31.9 Å². The normalized spacial score (nSPS) is 12.2. The second-order valence-corrected chi connectivity index (χ2v) is 3.88. The topological polar surface area (TPSA) is 38.9 Å². The molecule has 2 nitrogen and oxygen atoms in total. The van der Waals surface area contributed by atoms with Crippen molar-refractivity contribution in [2.24, 2.45) is 5.73 Å². The van der Waals surface area contributed by atoms with Gasteiger partial charge in [0.15, 0.2) is 0 Å². The van der Waals surface area contributed by atoms with Crippen LogP contribution in [-0.4, -0.2) is 10.5 Å². The first-order chi connectivity index (χ1) is 6.08. The van der Waals surface area contributed by atoms with Crippen LogP contribution in [0.2, 0.25) is 0 Å². The molecule has 0 unspecified atom stereocenters. The lowest BCUT2D eigenvalue weighted by Crippen LogP contribution is -2.30. The summed E-state index contributed by atoms with van der Waals surface area (Å²) < 4.78 is 0. The van der Waals surface area contributed by atoms with Crippen LogP contribution in [-0.2, 0) is 0 Å². The lowest BCUT2D eigenvalue weighted by Gasteiger charge is -2.14. The Morgan fingerprint density at radius 3 is 2.85 bits per heavy atom. The minimum Gasteiger partial charge on any atom is -0.325 e. The molecule has 0 fully saturated rings. The van der Waals surface area contributed by atoms with Crippen LogP contribution in [0.15, 0.2) is 30.6 Å². The number of rotatable bonds is 3. The summed E-state index contributed by atoms with van der Waals surface area (Å²) in [5, 5.41) is 0. The Labute approximate surface area is 79.5 Å². The van der Waals surface area contributed by atoms with Crippen LogP contribution >= 0.6 is 0 Å². The molecule has 0 spiro atoms. The quantitative estimate of drug-likeness (QED) is 0.767. The maximum Gasteiger partial charge on any atom is 0.0340 e. The van der Waals surface area contributed by atoms with Gasteiger partial charge in [-0.1, -0.05) is 18.2 Å². The first-order valence-corrected chi connectivity index (χ1v) is 4.43. The van der Waals surface area contributed by atoms with Gasteiger partial charge in [-0.25, -0.2) is 0 Å². The average Bonchev–Trinajstić information content (AvgIpc) is 2.04. The fourth-order valence-electron chi connectivity index (χ4n) is 0.973. The molecule has 0 aliphatic heterocycles.